The number of ether oxygens (including phenoxy) is 3. The van der Waals surface area contributed by atoms with E-state index in [4.69, 9.17) is 14.2 Å². The number of aliphatic carboxylic acids is 1. The molecule has 1 aliphatic heterocycles. The Bertz CT molecular complexity index is 1330. The molecule has 0 saturated carbocycles. The molecular formula is C29H42N2O13S. The van der Waals surface area contributed by atoms with E-state index in [1.807, 2.05) is 0 Å². The number of amides is 2. The highest BCUT2D eigenvalue weighted by Gasteiger charge is 2.48. The molecule has 0 radical (unpaired) electrons. The Labute approximate surface area is 261 Å². The van der Waals surface area contributed by atoms with Gasteiger partial charge in [-0.2, -0.15) is 0 Å². The van der Waals surface area contributed by atoms with Gasteiger partial charge in [0, 0.05) is 24.8 Å². The summed E-state index contributed by atoms with van der Waals surface area (Å²) < 4.78 is 39.0. The first-order valence-corrected chi connectivity index (χ1v) is 16.0. The lowest BCUT2D eigenvalue weighted by atomic mass is 9.97. The summed E-state index contributed by atoms with van der Waals surface area (Å²) >= 11 is 0. The van der Waals surface area contributed by atoms with Gasteiger partial charge in [0.1, 0.15) is 30.7 Å². The number of carbonyl (C=O) groups is 4. The molecular weight excluding hydrogens is 616 g/mol. The minimum absolute atomic E-state index is 0.0217. The van der Waals surface area contributed by atoms with Crippen molar-refractivity contribution < 1.29 is 62.2 Å². The fraction of sp³-hybridized carbons (Fsp3) is 0.586. The Hall–Kier alpha value is -3.57. The number of carbonyl (C=O) groups excluding carboxylic acids is 3. The molecule has 0 aromatic heterocycles. The van der Waals surface area contributed by atoms with Crippen molar-refractivity contribution in [3.05, 3.63) is 35.7 Å². The maximum Gasteiger partial charge on any atom is 0.335 e. The lowest BCUT2D eigenvalue weighted by Gasteiger charge is -2.38. The van der Waals surface area contributed by atoms with Crippen molar-refractivity contribution in [2.75, 3.05) is 17.6 Å². The number of rotatable bonds is 16. The van der Waals surface area contributed by atoms with Gasteiger partial charge in [-0.05, 0) is 51.3 Å². The van der Waals surface area contributed by atoms with Crippen LogP contribution in [0.5, 0.6) is 5.75 Å². The van der Waals surface area contributed by atoms with Gasteiger partial charge in [-0.25, -0.2) is 13.2 Å². The monoisotopic (exact) mass is 658 g/mol. The second-order valence-corrected chi connectivity index (χ2v) is 13.6. The second-order valence-electron chi connectivity index (χ2n) is 11.5. The van der Waals surface area contributed by atoms with Crippen LogP contribution in [0.25, 0.3) is 0 Å². The molecule has 1 aliphatic rings. The van der Waals surface area contributed by atoms with Gasteiger partial charge in [0.15, 0.2) is 15.9 Å². The molecule has 1 aromatic carbocycles. The van der Waals surface area contributed by atoms with E-state index in [1.54, 1.807) is 20.8 Å². The van der Waals surface area contributed by atoms with Gasteiger partial charge in [-0.1, -0.05) is 19.1 Å². The van der Waals surface area contributed by atoms with Crippen LogP contribution in [0.1, 0.15) is 58.4 Å². The first-order chi connectivity index (χ1) is 20.9. The molecule has 0 aliphatic carbocycles. The summed E-state index contributed by atoms with van der Waals surface area (Å²) in [5.74, 6) is -3.11. The number of anilines is 1. The zero-order valence-electron chi connectivity index (χ0n) is 25.4. The number of carboxylic acid groups (broad SMARTS) is 1. The van der Waals surface area contributed by atoms with Gasteiger partial charge in [0.25, 0.3) is 0 Å². The van der Waals surface area contributed by atoms with Crippen molar-refractivity contribution >= 4 is 39.3 Å². The van der Waals surface area contributed by atoms with Crippen LogP contribution in [0.4, 0.5) is 5.69 Å². The molecule has 1 fully saturated rings. The van der Waals surface area contributed by atoms with E-state index in [1.165, 1.54) is 18.2 Å². The van der Waals surface area contributed by atoms with Crippen molar-refractivity contribution in [2.45, 2.75) is 90.2 Å². The van der Waals surface area contributed by atoms with E-state index in [2.05, 4.69) is 17.2 Å². The SMILES string of the molecule is C=CS(=O)(=O)CCCCCC(=O)NCCC(=O)Nc1cc(COC(=O)C(C)(C)C)ccc1O[C@@H]1O[C@H](C(=O)O)[C@@H](O)[C@H](O)[C@H]1O. The molecule has 252 valence electrons. The van der Waals surface area contributed by atoms with Gasteiger partial charge in [-0.15, -0.1) is 0 Å². The molecule has 45 heavy (non-hydrogen) atoms. The Balaban J connectivity index is 2.06. The number of carboxylic acids is 1. The highest BCUT2D eigenvalue weighted by atomic mass is 32.2. The number of aliphatic hydroxyl groups is 3. The zero-order chi connectivity index (χ0) is 33.9. The highest BCUT2D eigenvalue weighted by Crippen LogP contribution is 2.31. The van der Waals surface area contributed by atoms with Crippen LogP contribution in [-0.2, 0) is 45.1 Å². The summed E-state index contributed by atoms with van der Waals surface area (Å²) in [6, 6.07) is 4.26. The fourth-order valence-electron chi connectivity index (χ4n) is 3.97. The number of hydrogen-bond acceptors (Lipinski definition) is 12. The van der Waals surface area contributed by atoms with Gasteiger partial charge in [0.2, 0.25) is 18.1 Å². The molecule has 5 atom stereocenters. The van der Waals surface area contributed by atoms with E-state index < -0.39 is 63.8 Å². The Kier molecular flexibility index (Phi) is 13.9. The van der Waals surface area contributed by atoms with Crippen LogP contribution in [0, 0.1) is 5.41 Å². The maximum absolute atomic E-state index is 12.8. The average Bonchev–Trinajstić information content (AvgIpc) is 2.96. The average molecular weight is 659 g/mol. The quantitative estimate of drug-likeness (QED) is 0.106. The summed E-state index contributed by atoms with van der Waals surface area (Å²) in [6.45, 7) is 8.10. The second kappa shape index (κ2) is 16.7. The van der Waals surface area contributed by atoms with E-state index in [-0.39, 0.29) is 49.1 Å². The van der Waals surface area contributed by atoms with Crippen LogP contribution < -0.4 is 15.4 Å². The standard InChI is InChI=1S/C29H42N2O13S/c1-5-45(40,41)14-8-6-7-9-20(32)30-13-12-21(33)31-18-15-17(16-42-28(39)29(2,3)4)10-11-19(18)43-27-24(36)22(34)23(35)25(44-27)26(37)38/h5,10-11,15,22-25,27,34-36H,1,6-9,12-14,16H2,2-4H3,(H,30,32)(H,31,33)(H,37,38)/t22-,23-,24+,25-,27+/m0/s1. The molecule has 2 amide bonds. The lowest BCUT2D eigenvalue weighted by Crippen LogP contribution is -2.61. The summed E-state index contributed by atoms with van der Waals surface area (Å²) in [5, 5.41) is 45.8. The number of aliphatic hydroxyl groups excluding tert-OH is 3. The zero-order valence-corrected chi connectivity index (χ0v) is 26.2. The third-order valence-corrected chi connectivity index (χ3v) is 7.98. The number of unbranched alkanes of at least 4 members (excludes halogenated alkanes) is 2. The summed E-state index contributed by atoms with van der Waals surface area (Å²) in [6.07, 6.45) is -8.01. The minimum atomic E-state index is -3.29. The van der Waals surface area contributed by atoms with Gasteiger partial charge >= 0.3 is 11.9 Å². The summed E-state index contributed by atoms with van der Waals surface area (Å²) in [7, 11) is -3.29. The predicted molar refractivity (Wildman–Crippen MR) is 159 cm³/mol. The van der Waals surface area contributed by atoms with Crippen LogP contribution in [0.2, 0.25) is 0 Å². The number of nitrogens with one attached hydrogen (secondary N) is 2. The predicted octanol–water partition coefficient (Wildman–Crippen LogP) is 0.610. The van der Waals surface area contributed by atoms with Crippen molar-refractivity contribution in [1.29, 1.82) is 0 Å². The summed E-state index contributed by atoms with van der Waals surface area (Å²) in [5.41, 5.74) is -0.307. The van der Waals surface area contributed by atoms with Crippen LogP contribution >= 0.6 is 0 Å². The molecule has 6 N–H and O–H groups in total. The van der Waals surface area contributed by atoms with Crippen LogP contribution in [0.3, 0.4) is 0 Å². The van der Waals surface area contributed by atoms with Crippen molar-refractivity contribution in [3.63, 3.8) is 0 Å². The lowest BCUT2D eigenvalue weighted by molar-refractivity contribution is -0.271. The number of hydrogen-bond donors (Lipinski definition) is 6. The van der Waals surface area contributed by atoms with Crippen molar-refractivity contribution in [1.82, 2.24) is 5.32 Å². The maximum atomic E-state index is 12.8. The molecule has 1 saturated heterocycles. The smallest absolute Gasteiger partial charge is 0.335 e. The Morgan fingerprint density at radius 1 is 1.00 bits per heavy atom. The van der Waals surface area contributed by atoms with Gasteiger partial charge < -0.3 is 45.3 Å². The molecule has 15 nitrogen and oxygen atoms in total. The third kappa shape index (κ3) is 12.0. The first kappa shape index (κ1) is 37.6. The molecule has 0 unspecified atom stereocenters. The van der Waals surface area contributed by atoms with E-state index in [0.717, 1.165) is 5.41 Å². The van der Waals surface area contributed by atoms with E-state index in [9.17, 15) is 48.0 Å². The molecule has 1 heterocycles. The number of esters is 1. The van der Waals surface area contributed by atoms with E-state index >= 15 is 0 Å². The topological polar surface area (TPSA) is 235 Å². The van der Waals surface area contributed by atoms with Crippen molar-refractivity contribution in [2.24, 2.45) is 5.41 Å². The van der Waals surface area contributed by atoms with Crippen molar-refractivity contribution in [3.8, 4) is 5.75 Å². The van der Waals surface area contributed by atoms with Crippen LogP contribution in [-0.4, -0.2) is 95.6 Å². The fourth-order valence-corrected chi connectivity index (χ4v) is 4.75. The first-order valence-electron chi connectivity index (χ1n) is 14.3. The Morgan fingerprint density at radius 3 is 2.31 bits per heavy atom. The molecule has 2 rings (SSSR count). The molecule has 0 spiro atoms. The third-order valence-electron chi connectivity index (χ3n) is 6.62. The molecule has 16 heteroatoms. The molecule has 1 aromatic rings. The van der Waals surface area contributed by atoms with Gasteiger partial charge in [0.05, 0.1) is 16.9 Å². The van der Waals surface area contributed by atoms with E-state index in [0.29, 0.717) is 24.8 Å². The normalized spacial score (nSPS) is 21.8. The number of benzene rings is 1. The number of sulfone groups is 1. The summed E-state index contributed by atoms with van der Waals surface area (Å²) in [4.78, 5) is 48.6. The largest absolute Gasteiger partial charge is 0.479 e. The molecule has 0 bridgehead atoms. The highest BCUT2D eigenvalue weighted by molar-refractivity contribution is 7.94. The van der Waals surface area contributed by atoms with Crippen LogP contribution in [0.15, 0.2) is 30.2 Å². The van der Waals surface area contributed by atoms with Gasteiger partial charge in [-0.3, -0.25) is 14.4 Å². The Morgan fingerprint density at radius 2 is 1.69 bits per heavy atom. The minimum Gasteiger partial charge on any atom is -0.479 e.